The maximum absolute atomic E-state index is 11.8. The van der Waals surface area contributed by atoms with E-state index in [-0.39, 0.29) is 5.84 Å². The third kappa shape index (κ3) is 1.87. The smallest absolute Gasteiger partial charge is 0.340 e. The summed E-state index contributed by atoms with van der Waals surface area (Å²) in [5, 5.41) is 11.8. The third-order valence-electron chi connectivity index (χ3n) is 3.49. The minimum absolute atomic E-state index is 0.115. The van der Waals surface area contributed by atoms with Crippen molar-refractivity contribution in [3.05, 3.63) is 45.5 Å². The molecule has 1 aromatic carbocycles. The van der Waals surface area contributed by atoms with Gasteiger partial charge in [0.25, 0.3) is 0 Å². The third-order valence-corrected chi connectivity index (χ3v) is 3.49. The molecule has 0 aliphatic carbocycles. The summed E-state index contributed by atoms with van der Waals surface area (Å²) in [5.74, 6) is -0.115. The molecule has 2 rings (SSSR count). The zero-order chi connectivity index (χ0) is 14.9. The molecule has 0 aromatic heterocycles. The Hall–Kier alpha value is -2.28. The van der Waals surface area contributed by atoms with Crippen LogP contribution in [0.25, 0.3) is 0 Å². The maximum atomic E-state index is 11.8. The van der Waals surface area contributed by atoms with Crippen LogP contribution >= 0.6 is 0 Å². The van der Waals surface area contributed by atoms with Crippen molar-refractivity contribution in [1.82, 2.24) is 0 Å². The molecule has 7 nitrogen and oxygen atoms in total. The first-order chi connectivity index (χ1) is 9.44. The van der Waals surface area contributed by atoms with Gasteiger partial charge in [-0.3, -0.25) is 15.8 Å². The Labute approximate surface area is 116 Å². The average Bonchev–Trinajstić information content (AvgIpc) is 2.39. The Balaban J connectivity index is 2.79. The van der Waals surface area contributed by atoms with E-state index in [0.717, 1.165) is 5.56 Å². The van der Waals surface area contributed by atoms with Gasteiger partial charge in [0, 0.05) is 10.5 Å². The van der Waals surface area contributed by atoms with Crippen molar-refractivity contribution in [1.29, 1.82) is 0 Å². The number of nitro groups is 1. The van der Waals surface area contributed by atoms with E-state index < -0.39 is 16.8 Å². The van der Waals surface area contributed by atoms with E-state index in [1.165, 1.54) is 0 Å². The molecule has 0 saturated carbocycles. The molecule has 1 aliphatic rings. The first kappa shape index (κ1) is 14.1. The van der Waals surface area contributed by atoms with Gasteiger partial charge in [0.1, 0.15) is 5.71 Å². The topological polar surface area (TPSA) is 120 Å². The van der Waals surface area contributed by atoms with Gasteiger partial charge in [-0.2, -0.15) is 0 Å². The van der Waals surface area contributed by atoms with E-state index in [9.17, 15) is 10.1 Å². The monoisotopic (exact) mass is 275 g/mol. The molecule has 0 fully saturated rings. The summed E-state index contributed by atoms with van der Waals surface area (Å²) >= 11 is 0. The Kier molecular flexibility index (Phi) is 3.54. The van der Waals surface area contributed by atoms with Gasteiger partial charge in [-0.05, 0) is 18.9 Å². The molecule has 1 aliphatic heterocycles. The van der Waals surface area contributed by atoms with E-state index in [1.54, 1.807) is 32.0 Å². The lowest BCUT2D eigenvalue weighted by Crippen LogP contribution is -2.57. The van der Waals surface area contributed by atoms with Crippen molar-refractivity contribution < 1.29 is 4.92 Å². The van der Waals surface area contributed by atoms with Gasteiger partial charge >= 0.3 is 5.54 Å². The fraction of sp³-hybridized carbons (Fsp3) is 0.385. The summed E-state index contributed by atoms with van der Waals surface area (Å²) in [6.07, 6.45) is -0.499. The zero-order valence-electron chi connectivity index (χ0n) is 11.4. The highest BCUT2D eigenvalue weighted by Gasteiger charge is 2.56. The number of hydrogen-bond acceptors (Lipinski definition) is 6. The first-order valence-electron chi connectivity index (χ1n) is 6.31. The fourth-order valence-corrected chi connectivity index (χ4v) is 2.58. The maximum Gasteiger partial charge on any atom is 0.340 e. The molecule has 0 spiro atoms. The molecular formula is C13H17N5O2. The highest BCUT2D eigenvalue weighted by atomic mass is 16.6. The molecule has 2 unspecified atom stereocenters. The molecule has 1 aromatic rings. The highest BCUT2D eigenvalue weighted by Crippen LogP contribution is 2.33. The van der Waals surface area contributed by atoms with Crippen LogP contribution in [0.4, 0.5) is 0 Å². The van der Waals surface area contributed by atoms with E-state index in [4.69, 9.17) is 11.5 Å². The molecule has 0 amide bonds. The van der Waals surface area contributed by atoms with Crippen LogP contribution in [0, 0.1) is 17.0 Å². The molecule has 0 saturated heterocycles. The van der Waals surface area contributed by atoms with E-state index in [2.05, 4.69) is 9.98 Å². The quantitative estimate of drug-likeness (QED) is 0.629. The number of rotatable bonds is 3. The van der Waals surface area contributed by atoms with Gasteiger partial charge in [0.05, 0.1) is 0 Å². The second-order valence-corrected chi connectivity index (χ2v) is 4.64. The summed E-state index contributed by atoms with van der Waals surface area (Å²) in [4.78, 5) is 19.5. The van der Waals surface area contributed by atoms with Gasteiger partial charge in [0.15, 0.2) is 12.1 Å². The number of aryl methyl sites for hydroxylation is 1. The van der Waals surface area contributed by atoms with Crippen LogP contribution < -0.4 is 11.5 Å². The molecule has 4 N–H and O–H groups in total. The summed E-state index contributed by atoms with van der Waals surface area (Å²) in [5.41, 5.74) is 11.4. The van der Waals surface area contributed by atoms with Gasteiger partial charge in [-0.25, -0.2) is 9.98 Å². The summed E-state index contributed by atoms with van der Waals surface area (Å²) in [6, 6.07) is 7.04. The van der Waals surface area contributed by atoms with Gasteiger partial charge < -0.3 is 5.73 Å². The number of nitrogens with two attached hydrogens (primary N) is 2. The Morgan fingerprint density at radius 2 is 2.05 bits per heavy atom. The largest absolute Gasteiger partial charge is 0.381 e. The van der Waals surface area contributed by atoms with Crippen LogP contribution in [0.5, 0.6) is 0 Å². The van der Waals surface area contributed by atoms with Crippen LogP contribution in [0.15, 0.2) is 34.3 Å². The van der Waals surface area contributed by atoms with Crippen molar-refractivity contribution >= 4 is 11.5 Å². The Morgan fingerprint density at radius 1 is 1.40 bits per heavy atom. The lowest BCUT2D eigenvalue weighted by Gasteiger charge is -2.31. The lowest BCUT2D eigenvalue weighted by atomic mass is 9.80. The lowest BCUT2D eigenvalue weighted by molar-refractivity contribution is -0.534. The Bertz CT molecular complexity index is 611. The average molecular weight is 275 g/mol. The zero-order valence-corrected chi connectivity index (χ0v) is 11.4. The van der Waals surface area contributed by atoms with Crippen LogP contribution in [0.2, 0.25) is 0 Å². The number of nitrogens with zero attached hydrogens (tertiary/aromatic N) is 3. The van der Waals surface area contributed by atoms with Crippen molar-refractivity contribution in [3.8, 4) is 0 Å². The van der Waals surface area contributed by atoms with Crippen molar-refractivity contribution in [2.24, 2.45) is 21.5 Å². The van der Waals surface area contributed by atoms with Crippen molar-refractivity contribution in [3.63, 3.8) is 0 Å². The standard InChI is InChI=1S/C13H17N5O2/c1-3-10-13(18(19)20,11(14)17-12(15)16-10)9-7-5-4-6-8(9)2/h4-7,12H,3,15H2,1-2H3,(H2,14,17). The minimum Gasteiger partial charge on any atom is -0.381 e. The predicted molar refractivity (Wildman–Crippen MR) is 77.2 cm³/mol. The number of amidine groups is 1. The predicted octanol–water partition coefficient (Wildman–Crippen LogP) is 0.931. The summed E-state index contributed by atoms with van der Waals surface area (Å²) in [6.45, 7) is 3.59. The number of aliphatic imine (C=N–C) groups is 2. The van der Waals surface area contributed by atoms with E-state index >= 15 is 0 Å². The fourth-order valence-electron chi connectivity index (χ4n) is 2.58. The molecular weight excluding hydrogens is 258 g/mol. The second-order valence-electron chi connectivity index (χ2n) is 4.64. The van der Waals surface area contributed by atoms with Crippen LogP contribution in [0.1, 0.15) is 24.5 Å². The molecule has 106 valence electrons. The molecule has 7 heteroatoms. The second kappa shape index (κ2) is 5.01. The Morgan fingerprint density at radius 3 is 2.60 bits per heavy atom. The van der Waals surface area contributed by atoms with Crippen LogP contribution in [-0.4, -0.2) is 22.8 Å². The highest BCUT2D eigenvalue weighted by molar-refractivity contribution is 6.15. The summed E-state index contributed by atoms with van der Waals surface area (Å²) in [7, 11) is 0. The van der Waals surface area contributed by atoms with E-state index in [0.29, 0.717) is 17.7 Å². The van der Waals surface area contributed by atoms with Crippen molar-refractivity contribution in [2.45, 2.75) is 32.1 Å². The molecule has 2 atom stereocenters. The van der Waals surface area contributed by atoms with Crippen LogP contribution in [0.3, 0.4) is 0 Å². The molecule has 0 bridgehead atoms. The van der Waals surface area contributed by atoms with E-state index in [1.807, 2.05) is 6.07 Å². The number of hydrogen-bond donors (Lipinski definition) is 2. The van der Waals surface area contributed by atoms with Gasteiger partial charge in [-0.15, -0.1) is 0 Å². The minimum atomic E-state index is -1.71. The first-order valence-corrected chi connectivity index (χ1v) is 6.31. The number of benzene rings is 1. The van der Waals surface area contributed by atoms with Crippen LogP contribution in [-0.2, 0) is 5.54 Å². The summed E-state index contributed by atoms with van der Waals surface area (Å²) < 4.78 is 0. The molecule has 20 heavy (non-hydrogen) atoms. The molecule has 1 heterocycles. The normalized spacial score (nSPS) is 25.9. The van der Waals surface area contributed by atoms with Gasteiger partial charge in [-0.1, -0.05) is 31.2 Å². The van der Waals surface area contributed by atoms with Crippen molar-refractivity contribution in [2.75, 3.05) is 0 Å². The SMILES string of the molecule is CCC1=NC(N)N=C(N)C1(c1ccccc1C)[N+](=O)[O-]. The molecule has 0 radical (unpaired) electrons. The van der Waals surface area contributed by atoms with Gasteiger partial charge in [0.2, 0.25) is 0 Å².